The molecule has 3 heterocycles. The summed E-state index contributed by atoms with van der Waals surface area (Å²) in [5, 5.41) is 13.6. The number of aromatic hydroxyl groups is 1. The summed E-state index contributed by atoms with van der Waals surface area (Å²) >= 11 is 0. The molecule has 0 spiro atoms. The lowest BCUT2D eigenvalue weighted by Crippen LogP contribution is -2.35. The molecule has 1 aromatic rings. The fraction of sp³-hybridized carbons (Fsp3) is 0.611. The number of rotatable bonds is 4. The van der Waals surface area contributed by atoms with Crippen molar-refractivity contribution >= 4 is 21.8 Å². The number of carbonyl (C=O) groups excluding carboxylic acids is 1. The molecule has 154 valence electrons. The van der Waals surface area contributed by atoms with E-state index in [1.165, 1.54) is 6.07 Å². The van der Waals surface area contributed by atoms with Crippen LogP contribution >= 0.6 is 0 Å². The first-order valence-electron chi connectivity index (χ1n) is 9.65. The third-order valence-electron chi connectivity index (χ3n) is 5.87. The molecule has 8 nitrogen and oxygen atoms in total. The number of amides is 1. The van der Waals surface area contributed by atoms with E-state index in [0.29, 0.717) is 34.3 Å². The molecule has 0 bridgehead atoms. The van der Waals surface area contributed by atoms with Crippen molar-refractivity contribution in [3.8, 4) is 5.75 Å². The Bertz CT molecular complexity index is 886. The summed E-state index contributed by atoms with van der Waals surface area (Å²) in [6.07, 6.45) is 3.97. The maximum Gasteiger partial charge on any atom is 0.326 e. The standard InChI is InChI=1S/C18H25FN4O4S/c19-17-14-10-22(7-3-12-1-5-20-6-2-12)8-4-13(14)9-15(24)18(17)23-11-16(25)21-28(23,26)27/h9,12,20,24H,1-8,10-11H2,(H,21,25). The van der Waals surface area contributed by atoms with Gasteiger partial charge in [-0.15, -0.1) is 0 Å². The molecule has 3 aliphatic heterocycles. The average molecular weight is 412 g/mol. The molecule has 28 heavy (non-hydrogen) atoms. The number of benzene rings is 1. The molecule has 0 saturated carbocycles. The summed E-state index contributed by atoms with van der Waals surface area (Å²) in [6, 6.07) is 1.43. The highest BCUT2D eigenvalue weighted by molar-refractivity contribution is 7.92. The van der Waals surface area contributed by atoms with Crippen LogP contribution in [0.1, 0.15) is 30.4 Å². The van der Waals surface area contributed by atoms with Gasteiger partial charge >= 0.3 is 10.2 Å². The summed E-state index contributed by atoms with van der Waals surface area (Å²) in [4.78, 5) is 13.7. The number of hydrogen-bond donors (Lipinski definition) is 3. The Balaban J connectivity index is 1.55. The normalized spacial score (nSPS) is 22.9. The molecule has 0 atom stereocenters. The first kappa shape index (κ1) is 19.4. The molecular weight excluding hydrogens is 387 g/mol. The van der Waals surface area contributed by atoms with Crippen LogP contribution in [0, 0.1) is 11.7 Å². The summed E-state index contributed by atoms with van der Waals surface area (Å²) in [6.45, 7) is 3.56. The van der Waals surface area contributed by atoms with Crippen molar-refractivity contribution in [2.24, 2.45) is 5.92 Å². The Hall–Kier alpha value is -1.91. The van der Waals surface area contributed by atoms with Gasteiger partial charge in [-0.25, -0.2) is 13.4 Å². The largest absolute Gasteiger partial charge is 0.506 e. The van der Waals surface area contributed by atoms with Crippen LogP contribution in [0.15, 0.2) is 6.07 Å². The number of anilines is 1. The van der Waals surface area contributed by atoms with E-state index < -0.39 is 39.9 Å². The van der Waals surface area contributed by atoms with E-state index in [2.05, 4.69) is 10.2 Å². The highest BCUT2D eigenvalue weighted by Crippen LogP contribution is 2.39. The molecule has 1 aromatic carbocycles. The summed E-state index contributed by atoms with van der Waals surface area (Å²) in [7, 11) is -4.18. The van der Waals surface area contributed by atoms with E-state index in [1.54, 1.807) is 0 Å². The molecule has 4 rings (SSSR count). The summed E-state index contributed by atoms with van der Waals surface area (Å²) in [5.41, 5.74) is 0.643. The lowest BCUT2D eigenvalue weighted by molar-refractivity contribution is -0.117. The zero-order chi connectivity index (χ0) is 19.9. The number of piperidine rings is 1. The number of halogens is 1. The Morgan fingerprint density at radius 2 is 2.00 bits per heavy atom. The quantitative estimate of drug-likeness (QED) is 0.664. The van der Waals surface area contributed by atoms with E-state index in [9.17, 15) is 18.3 Å². The van der Waals surface area contributed by atoms with Gasteiger partial charge in [-0.3, -0.25) is 9.69 Å². The van der Waals surface area contributed by atoms with Gasteiger partial charge in [0.05, 0.1) is 0 Å². The molecule has 0 radical (unpaired) electrons. The zero-order valence-corrected chi connectivity index (χ0v) is 16.4. The number of fused-ring (bicyclic) bond motifs is 1. The van der Waals surface area contributed by atoms with Gasteiger partial charge in [-0.2, -0.15) is 8.42 Å². The molecule has 1 amide bonds. The van der Waals surface area contributed by atoms with Crippen LogP contribution in [0.2, 0.25) is 0 Å². The lowest BCUT2D eigenvalue weighted by Gasteiger charge is -2.32. The second kappa shape index (κ2) is 7.49. The minimum absolute atomic E-state index is 0.370. The predicted molar refractivity (Wildman–Crippen MR) is 102 cm³/mol. The Kier molecular flexibility index (Phi) is 5.19. The fourth-order valence-corrected chi connectivity index (χ4v) is 5.47. The molecule has 0 aliphatic carbocycles. The van der Waals surface area contributed by atoms with Crippen molar-refractivity contribution < 1.29 is 22.7 Å². The van der Waals surface area contributed by atoms with Gasteiger partial charge in [0.15, 0.2) is 5.82 Å². The number of nitrogens with one attached hydrogen (secondary N) is 2. The molecule has 3 N–H and O–H groups in total. The fourth-order valence-electron chi connectivity index (χ4n) is 4.30. The molecule has 0 unspecified atom stereocenters. The van der Waals surface area contributed by atoms with Gasteiger partial charge in [-0.05, 0) is 62.9 Å². The Morgan fingerprint density at radius 3 is 2.68 bits per heavy atom. The van der Waals surface area contributed by atoms with Gasteiger partial charge in [0.25, 0.3) is 5.91 Å². The van der Waals surface area contributed by atoms with Crippen LogP contribution in [-0.2, 0) is 28.0 Å². The van der Waals surface area contributed by atoms with Crippen LogP contribution in [0.25, 0.3) is 0 Å². The predicted octanol–water partition coefficient (Wildman–Crippen LogP) is 0.460. The number of phenols is 1. The smallest absolute Gasteiger partial charge is 0.326 e. The van der Waals surface area contributed by atoms with Crippen molar-refractivity contribution in [3.05, 3.63) is 23.0 Å². The maximum atomic E-state index is 15.3. The average Bonchev–Trinajstić information content (AvgIpc) is 2.93. The first-order valence-corrected chi connectivity index (χ1v) is 11.1. The van der Waals surface area contributed by atoms with Gasteiger partial charge in [0.2, 0.25) is 0 Å². The van der Waals surface area contributed by atoms with Crippen molar-refractivity contribution in [2.75, 3.05) is 37.0 Å². The van der Waals surface area contributed by atoms with Crippen LogP contribution in [0.4, 0.5) is 10.1 Å². The Morgan fingerprint density at radius 1 is 1.25 bits per heavy atom. The van der Waals surface area contributed by atoms with E-state index in [0.717, 1.165) is 45.4 Å². The number of carbonyl (C=O) groups is 1. The SMILES string of the molecule is O=C1CN(c2c(O)cc3c(c2F)CN(CCC2CCNCC2)CC3)S(=O)(=O)N1. The van der Waals surface area contributed by atoms with E-state index in [1.807, 2.05) is 4.72 Å². The third kappa shape index (κ3) is 3.68. The van der Waals surface area contributed by atoms with E-state index >= 15 is 4.39 Å². The van der Waals surface area contributed by atoms with Crippen LogP contribution in [-0.4, -0.2) is 57.1 Å². The molecule has 2 saturated heterocycles. The topological polar surface area (TPSA) is 102 Å². The molecule has 10 heteroatoms. The maximum absolute atomic E-state index is 15.3. The molecule has 2 fully saturated rings. The minimum atomic E-state index is -4.18. The van der Waals surface area contributed by atoms with Gasteiger partial charge in [0, 0.05) is 18.7 Å². The Labute approximate surface area is 163 Å². The monoisotopic (exact) mass is 412 g/mol. The third-order valence-corrected chi connectivity index (χ3v) is 7.25. The van der Waals surface area contributed by atoms with Crippen molar-refractivity contribution in [1.82, 2.24) is 14.9 Å². The minimum Gasteiger partial charge on any atom is -0.506 e. The number of phenolic OH excluding ortho intramolecular Hbond substituents is 1. The molecule has 0 aromatic heterocycles. The molecular formula is C18H25FN4O4S. The second-order valence-corrected chi connectivity index (χ2v) is 9.34. The van der Waals surface area contributed by atoms with Gasteiger partial charge in [-0.1, -0.05) is 0 Å². The highest BCUT2D eigenvalue weighted by atomic mass is 32.2. The summed E-state index contributed by atoms with van der Waals surface area (Å²) < 4.78 is 41.9. The second-order valence-electron chi connectivity index (χ2n) is 7.74. The van der Waals surface area contributed by atoms with Crippen LogP contribution in [0.5, 0.6) is 5.75 Å². The van der Waals surface area contributed by atoms with Crippen molar-refractivity contribution in [3.63, 3.8) is 0 Å². The number of nitrogens with zero attached hydrogens (tertiary/aromatic N) is 2. The highest BCUT2D eigenvalue weighted by Gasteiger charge is 2.39. The van der Waals surface area contributed by atoms with Gasteiger partial charge in [0.1, 0.15) is 18.0 Å². The van der Waals surface area contributed by atoms with Gasteiger partial charge < -0.3 is 10.4 Å². The van der Waals surface area contributed by atoms with Crippen LogP contribution in [0.3, 0.4) is 0 Å². The van der Waals surface area contributed by atoms with E-state index in [4.69, 9.17) is 0 Å². The zero-order valence-electron chi connectivity index (χ0n) is 15.6. The molecule has 3 aliphatic rings. The van der Waals surface area contributed by atoms with Crippen LogP contribution < -0.4 is 14.3 Å². The van der Waals surface area contributed by atoms with Crippen molar-refractivity contribution in [2.45, 2.75) is 32.2 Å². The first-order chi connectivity index (χ1) is 13.3. The van der Waals surface area contributed by atoms with Crippen molar-refractivity contribution in [1.29, 1.82) is 0 Å². The number of hydrogen-bond acceptors (Lipinski definition) is 6. The van der Waals surface area contributed by atoms with E-state index in [-0.39, 0.29) is 0 Å². The summed E-state index contributed by atoms with van der Waals surface area (Å²) in [5.74, 6) is -1.30. The lowest BCUT2D eigenvalue weighted by atomic mass is 9.93.